The quantitative estimate of drug-likeness (QED) is 0.299. The Bertz CT molecular complexity index is 1280. The number of hydrogen-bond donors (Lipinski definition) is 1. The van der Waals surface area contributed by atoms with Crippen LogP contribution in [0.4, 0.5) is 23.5 Å². The lowest BCUT2D eigenvalue weighted by Crippen LogP contribution is -2.12. The van der Waals surface area contributed by atoms with Crippen molar-refractivity contribution in [3.05, 3.63) is 94.2 Å². The van der Waals surface area contributed by atoms with Crippen molar-refractivity contribution in [2.24, 2.45) is 0 Å². The Balaban J connectivity index is 1.37. The van der Waals surface area contributed by atoms with Gasteiger partial charge in [0.15, 0.2) is 23.1 Å². The standard InChI is InChI=1S/C21H13ClF4N4O3/c22-12-3-1-11(2-4-12)8-30-10-27-21(29-30)28-20(31)16-6-5-13(33-16)9-32-19-17(25)14(23)7-15(24)18(19)26/h1-7,10H,8-9H2,(H,28,29,31). The number of carbonyl (C=O) groups is 1. The predicted molar refractivity (Wildman–Crippen MR) is 108 cm³/mol. The number of amides is 1. The van der Waals surface area contributed by atoms with E-state index in [1.54, 1.807) is 12.1 Å². The van der Waals surface area contributed by atoms with Crippen molar-refractivity contribution < 1.29 is 31.5 Å². The Hall–Kier alpha value is -3.86. The molecule has 170 valence electrons. The number of nitrogens with zero attached hydrogens (tertiary/aromatic N) is 3. The third kappa shape index (κ3) is 5.14. The summed E-state index contributed by atoms with van der Waals surface area (Å²) in [4.78, 5) is 16.3. The van der Waals surface area contributed by atoms with Gasteiger partial charge in [-0.05, 0) is 29.8 Å². The van der Waals surface area contributed by atoms with Crippen molar-refractivity contribution in [2.45, 2.75) is 13.2 Å². The minimum absolute atomic E-state index is 0.0162. The lowest BCUT2D eigenvalue weighted by atomic mass is 10.2. The third-order valence-electron chi connectivity index (χ3n) is 4.34. The molecule has 0 unspecified atom stereocenters. The van der Waals surface area contributed by atoms with Crippen LogP contribution >= 0.6 is 11.6 Å². The summed E-state index contributed by atoms with van der Waals surface area (Å²) < 4.78 is 65.4. The van der Waals surface area contributed by atoms with Crippen molar-refractivity contribution in [1.29, 1.82) is 0 Å². The van der Waals surface area contributed by atoms with Crippen LogP contribution in [0.25, 0.3) is 0 Å². The average molecular weight is 481 g/mol. The Kier molecular flexibility index (Phi) is 6.31. The molecule has 2 aromatic heterocycles. The molecule has 0 atom stereocenters. The molecule has 0 aliphatic carbocycles. The van der Waals surface area contributed by atoms with Crippen LogP contribution in [0.5, 0.6) is 5.75 Å². The van der Waals surface area contributed by atoms with E-state index in [1.807, 2.05) is 12.1 Å². The fourth-order valence-corrected chi connectivity index (χ4v) is 2.89. The van der Waals surface area contributed by atoms with Crippen molar-refractivity contribution in [3.63, 3.8) is 0 Å². The van der Waals surface area contributed by atoms with Crippen LogP contribution in [0.15, 0.2) is 53.2 Å². The van der Waals surface area contributed by atoms with Gasteiger partial charge in [0.1, 0.15) is 18.7 Å². The molecule has 2 aromatic carbocycles. The summed E-state index contributed by atoms with van der Waals surface area (Å²) >= 11 is 5.85. The lowest BCUT2D eigenvalue weighted by molar-refractivity contribution is 0.0991. The Morgan fingerprint density at radius 3 is 2.45 bits per heavy atom. The molecular formula is C21H13ClF4N4O3. The van der Waals surface area contributed by atoms with Gasteiger partial charge in [-0.25, -0.2) is 18.4 Å². The predicted octanol–water partition coefficient (Wildman–Crippen LogP) is 4.96. The number of nitrogens with one attached hydrogen (secondary N) is 1. The first-order valence-electron chi connectivity index (χ1n) is 9.30. The number of benzene rings is 2. The van der Waals surface area contributed by atoms with Crippen LogP contribution in [-0.4, -0.2) is 20.7 Å². The van der Waals surface area contributed by atoms with Gasteiger partial charge in [0.2, 0.25) is 17.6 Å². The highest BCUT2D eigenvalue weighted by molar-refractivity contribution is 6.30. The Labute approximate surface area is 188 Å². The number of rotatable bonds is 7. The van der Waals surface area contributed by atoms with Gasteiger partial charge in [0.05, 0.1) is 6.54 Å². The van der Waals surface area contributed by atoms with Gasteiger partial charge >= 0.3 is 0 Å². The topological polar surface area (TPSA) is 82.2 Å². The first-order chi connectivity index (χ1) is 15.8. The zero-order valence-electron chi connectivity index (χ0n) is 16.5. The van der Waals surface area contributed by atoms with Crippen molar-refractivity contribution >= 4 is 23.5 Å². The van der Waals surface area contributed by atoms with Crippen LogP contribution in [0.1, 0.15) is 21.9 Å². The first kappa shape index (κ1) is 22.3. The van der Waals surface area contributed by atoms with Crippen molar-refractivity contribution in [2.75, 3.05) is 5.32 Å². The van der Waals surface area contributed by atoms with Gasteiger partial charge in [0.25, 0.3) is 5.91 Å². The fourth-order valence-electron chi connectivity index (χ4n) is 2.77. The van der Waals surface area contributed by atoms with Crippen molar-refractivity contribution in [1.82, 2.24) is 14.8 Å². The lowest BCUT2D eigenvalue weighted by Gasteiger charge is -2.08. The molecule has 0 radical (unpaired) electrons. The number of hydrogen-bond acceptors (Lipinski definition) is 5. The molecule has 0 spiro atoms. The van der Waals surface area contributed by atoms with Gasteiger partial charge in [-0.15, -0.1) is 5.10 Å². The second-order valence-electron chi connectivity index (χ2n) is 6.70. The summed E-state index contributed by atoms with van der Waals surface area (Å²) in [5.74, 6) is -8.68. The van der Waals surface area contributed by atoms with Gasteiger partial charge in [-0.3, -0.25) is 10.1 Å². The van der Waals surface area contributed by atoms with Crippen LogP contribution in [-0.2, 0) is 13.2 Å². The summed E-state index contributed by atoms with van der Waals surface area (Å²) in [6.07, 6.45) is 1.42. The summed E-state index contributed by atoms with van der Waals surface area (Å²) in [5.41, 5.74) is 0.920. The smallest absolute Gasteiger partial charge is 0.293 e. The summed E-state index contributed by atoms with van der Waals surface area (Å²) in [5, 5.41) is 7.17. The zero-order chi connectivity index (χ0) is 23.5. The number of furan rings is 1. The third-order valence-corrected chi connectivity index (χ3v) is 4.59. The Morgan fingerprint density at radius 1 is 1.06 bits per heavy atom. The second-order valence-corrected chi connectivity index (χ2v) is 7.13. The molecular weight excluding hydrogens is 468 g/mol. The number of aromatic nitrogens is 3. The molecule has 0 saturated heterocycles. The molecule has 4 aromatic rings. The number of carbonyl (C=O) groups excluding carboxylic acids is 1. The maximum atomic E-state index is 13.7. The van der Waals surface area contributed by atoms with E-state index >= 15 is 0 Å². The average Bonchev–Trinajstić information content (AvgIpc) is 3.44. The number of ether oxygens (including phenoxy) is 1. The van der Waals surface area contributed by atoms with E-state index in [9.17, 15) is 22.4 Å². The van der Waals surface area contributed by atoms with Crippen LogP contribution < -0.4 is 10.1 Å². The first-order valence-corrected chi connectivity index (χ1v) is 9.67. The zero-order valence-corrected chi connectivity index (χ0v) is 17.2. The summed E-state index contributed by atoms with van der Waals surface area (Å²) in [7, 11) is 0. The van der Waals surface area contributed by atoms with E-state index < -0.39 is 41.5 Å². The summed E-state index contributed by atoms with van der Waals surface area (Å²) in [6, 6.07) is 9.77. The molecule has 0 saturated carbocycles. The molecule has 0 bridgehead atoms. The normalized spacial score (nSPS) is 10.9. The van der Waals surface area contributed by atoms with Crippen molar-refractivity contribution in [3.8, 4) is 5.75 Å². The van der Waals surface area contributed by atoms with Crippen LogP contribution in [0.2, 0.25) is 5.02 Å². The maximum absolute atomic E-state index is 13.7. The molecule has 33 heavy (non-hydrogen) atoms. The highest BCUT2D eigenvalue weighted by atomic mass is 35.5. The van der Waals surface area contributed by atoms with Gasteiger partial charge in [-0.1, -0.05) is 23.7 Å². The molecule has 1 amide bonds. The summed E-state index contributed by atoms with van der Waals surface area (Å²) in [6.45, 7) is -0.186. The molecule has 7 nitrogen and oxygen atoms in total. The number of halogens is 5. The van der Waals surface area contributed by atoms with Gasteiger partial charge in [-0.2, -0.15) is 8.78 Å². The van der Waals surface area contributed by atoms with Gasteiger partial charge < -0.3 is 9.15 Å². The second kappa shape index (κ2) is 9.33. The molecule has 4 rings (SSSR count). The minimum atomic E-state index is -1.68. The van der Waals surface area contributed by atoms with E-state index in [-0.39, 0.29) is 23.5 Å². The van der Waals surface area contributed by atoms with E-state index in [0.717, 1.165) is 5.56 Å². The fraction of sp³-hybridized carbons (Fsp3) is 0.0952. The van der Waals surface area contributed by atoms with E-state index in [0.29, 0.717) is 11.6 Å². The highest BCUT2D eigenvalue weighted by Gasteiger charge is 2.21. The number of anilines is 1. The van der Waals surface area contributed by atoms with E-state index in [1.165, 1.54) is 23.1 Å². The van der Waals surface area contributed by atoms with Crippen LogP contribution in [0.3, 0.4) is 0 Å². The largest absolute Gasteiger partial charge is 0.479 e. The molecule has 1 N–H and O–H groups in total. The Morgan fingerprint density at radius 2 is 1.76 bits per heavy atom. The van der Waals surface area contributed by atoms with E-state index in [2.05, 4.69) is 15.4 Å². The molecule has 0 fully saturated rings. The SMILES string of the molecule is O=C(Nc1ncn(Cc2ccc(Cl)cc2)n1)c1ccc(COc2c(F)c(F)cc(F)c2F)o1. The van der Waals surface area contributed by atoms with Gasteiger partial charge in [0, 0.05) is 11.1 Å². The van der Waals surface area contributed by atoms with Crippen LogP contribution in [0, 0.1) is 23.3 Å². The monoisotopic (exact) mass is 480 g/mol. The minimum Gasteiger partial charge on any atom is -0.479 e. The maximum Gasteiger partial charge on any atom is 0.293 e. The van der Waals surface area contributed by atoms with E-state index in [4.69, 9.17) is 20.8 Å². The molecule has 12 heteroatoms. The molecule has 0 aliphatic rings. The molecule has 2 heterocycles. The molecule has 0 aliphatic heterocycles. The highest BCUT2D eigenvalue weighted by Crippen LogP contribution is 2.27.